The average molecular weight is 291 g/mol. The first-order valence-corrected chi connectivity index (χ1v) is 7.11. The van der Waals surface area contributed by atoms with Crippen molar-refractivity contribution in [2.24, 2.45) is 5.92 Å². The molecule has 21 heavy (non-hydrogen) atoms. The predicted molar refractivity (Wildman–Crippen MR) is 77.8 cm³/mol. The zero-order chi connectivity index (χ0) is 15.2. The molecule has 1 fully saturated rings. The number of methoxy groups -OCH3 is 1. The second kappa shape index (κ2) is 7.22. The molecule has 1 saturated heterocycles. The Morgan fingerprint density at radius 1 is 1.38 bits per heavy atom. The zero-order valence-corrected chi connectivity index (χ0v) is 12.4. The van der Waals surface area contributed by atoms with Crippen molar-refractivity contribution >= 4 is 11.9 Å². The maximum atomic E-state index is 12.1. The number of aryl methyl sites for hydroxylation is 1. The van der Waals surface area contributed by atoms with E-state index in [1.807, 2.05) is 31.2 Å². The second-order valence-corrected chi connectivity index (χ2v) is 5.33. The van der Waals surface area contributed by atoms with E-state index in [9.17, 15) is 9.59 Å². The molecule has 0 saturated carbocycles. The van der Waals surface area contributed by atoms with Gasteiger partial charge in [-0.2, -0.15) is 0 Å². The molecule has 0 aliphatic carbocycles. The van der Waals surface area contributed by atoms with E-state index in [2.05, 4.69) is 5.32 Å². The topological polar surface area (TPSA) is 64.6 Å². The molecule has 114 valence electrons. The lowest BCUT2D eigenvalue weighted by Gasteiger charge is -2.18. The van der Waals surface area contributed by atoms with Gasteiger partial charge in [0.25, 0.3) is 0 Å². The van der Waals surface area contributed by atoms with E-state index in [1.165, 1.54) is 7.11 Å². The first kappa shape index (κ1) is 15.5. The van der Waals surface area contributed by atoms with Gasteiger partial charge in [-0.05, 0) is 18.9 Å². The summed E-state index contributed by atoms with van der Waals surface area (Å²) in [7, 11) is 1.33. The molecule has 0 unspecified atom stereocenters. The van der Waals surface area contributed by atoms with Crippen molar-refractivity contribution in [1.82, 2.24) is 5.32 Å². The van der Waals surface area contributed by atoms with Crippen LogP contribution < -0.4 is 5.32 Å². The highest BCUT2D eigenvalue weighted by molar-refractivity contribution is 5.86. The van der Waals surface area contributed by atoms with Crippen LogP contribution in [0, 0.1) is 12.8 Å². The Balaban J connectivity index is 2.01. The van der Waals surface area contributed by atoms with Gasteiger partial charge < -0.3 is 14.8 Å². The molecule has 0 aromatic heterocycles. The third-order valence-corrected chi connectivity index (χ3v) is 3.66. The molecule has 5 heteroatoms. The van der Waals surface area contributed by atoms with Crippen LogP contribution in [-0.4, -0.2) is 38.2 Å². The lowest BCUT2D eigenvalue weighted by Crippen LogP contribution is -2.45. The van der Waals surface area contributed by atoms with Crippen molar-refractivity contribution in [3.63, 3.8) is 0 Å². The molecule has 0 bridgehead atoms. The van der Waals surface area contributed by atoms with E-state index in [4.69, 9.17) is 9.47 Å². The second-order valence-electron chi connectivity index (χ2n) is 5.33. The number of benzene rings is 1. The van der Waals surface area contributed by atoms with Gasteiger partial charge >= 0.3 is 5.97 Å². The summed E-state index contributed by atoms with van der Waals surface area (Å²) in [6.07, 6.45) is 1.12. The van der Waals surface area contributed by atoms with Crippen molar-refractivity contribution in [3.8, 4) is 0 Å². The van der Waals surface area contributed by atoms with Crippen LogP contribution in [-0.2, 0) is 25.5 Å². The normalized spacial score (nSPS) is 19.0. The molecular weight excluding hydrogens is 270 g/mol. The summed E-state index contributed by atoms with van der Waals surface area (Å²) in [6.45, 7) is 3.02. The first-order valence-electron chi connectivity index (χ1n) is 7.11. The van der Waals surface area contributed by atoms with Crippen LogP contribution in [0.15, 0.2) is 24.3 Å². The van der Waals surface area contributed by atoms with Gasteiger partial charge in [0.15, 0.2) is 0 Å². The maximum absolute atomic E-state index is 12.1. The Morgan fingerprint density at radius 3 is 2.67 bits per heavy atom. The van der Waals surface area contributed by atoms with Gasteiger partial charge in [0.1, 0.15) is 6.04 Å². The molecule has 1 heterocycles. The van der Waals surface area contributed by atoms with Gasteiger partial charge in [-0.3, -0.25) is 4.79 Å². The highest BCUT2D eigenvalue weighted by Crippen LogP contribution is 2.13. The average Bonchev–Trinajstić information content (AvgIpc) is 3.02. The Labute approximate surface area is 124 Å². The molecule has 1 aromatic rings. The van der Waals surface area contributed by atoms with Crippen molar-refractivity contribution in [3.05, 3.63) is 35.4 Å². The van der Waals surface area contributed by atoms with Crippen molar-refractivity contribution in [2.45, 2.75) is 25.8 Å². The quantitative estimate of drug-likeness (QED) is 0.829. The zero-order valence-electron chi connectivity index (χ0n) is 12.4. The summed E-state index contributed by atoms with van der Waals surface area (Å²) in [6, 6.07) is 7.21. The summed E-state index contributed by atoms with van der Waals surface area (Å²) in [5, 5.41) is 2.78. The molecule has 0 radical (unpaired) electrons. The third-order valence-electron chi connectivity index (χ3n) is 3.66. The summed E-state index contributed by atoms with van der Waals surface area (Å²) in [4.78, 5) is 24.0. The number of nitrogens with one attached hydrogen (secondary N) is 1. The standard InChI is InChI=1S/C16H21NO4/c1-11-3-5-12(6-4-11)9-14(16(19)20-2)17-15(18)13-7-8-21-10-13/h3-6,13-14H,7-10H2,1-2H3,(H,17,18)/t13-,14+/m1/s1. The number of hydrogen-bond acceptors (Lipinski definition) is 4. The Kier molecular flexibility index (Phi) is 5.33. The minimum absolute atomic E-state index is 0.144. The number of esters is 1. The van der Waals surface area contributed by atoms with Crippen molar-refractivity contribution in [2.75, 3.05) is 20.3 Å². The molecule has 2 atom stereocenters. The van der Waals surface area contributed by atoms with E-state index in [-0.39, 0.29) is 11.8 Å². The van der Waals surface area contributed by atoms with E-state index in [1.54, 1.807) is 0 Å². The number of hydrogen-bond donors (Lipinski definition) is 1. The minimum Gasteiger partial charge on any atom is -0.467 e. The Morgan fingerprint density at radius 2 is 2.10 bits per heavy atom. The van der Waals surface area contributed by atoms with Gasteiger partial charge in [-0.15, -0.1) is 0 Å². The molecular formula is C16H21NO4. The number of rotatable bonds is 5. The number of carbonyl (C=O) groups excluding carboxylic acids is 2. The molecule has 1 aliphatic heterocycles. The molecule has 1 amide bonds. The minimum atomic E-state index is -0.661. The number of ether oxygens (including phenoxy) is 2. The van der Waals surface area contributed by atoms with Crippen LogP contribution >= 0.6 is 0 Å². The van der Waals surface area contributed by atoms with E-state index < -0.39 is 12.0 Å². The molecule has 0 spiro atoms. The summed E-state index contributed by atoms with van der Waals surface area (Å²) in [5.74, 6) is -0.743. The summed E-state index contributed by atoms with van der Waals surface area (Å²) in [5.41, 5.74) is 2.14. The van der Waals surface area contributed by atoms with Crippen LogP contribution in [0.4, 0.5) is 0 Å². The smallest absolute Gasteiger partial charge is 0.328 e. The molecule has 1 N–H and O–H groups in total. The fraction of sp³-hybridized carbons (Fsp3) is 0.500. The van der Waals surface area contributed by atoms with Gasteiger partial charge in [-0.25, -0.2) is 4.79 Å². The lowest BCUT2D eigenvalue weighted by atomic mass is 10.0. The van der Waals surface area contributed by atoms with Gasteiger partial charge in [-0.1, -0.05) is 29.8 Å². The Hall–Kier alpha value is -1.88. The summed E-state index contributed by atoms with van der Waals surface area (Å²) >= 11 is 0. The van der Waals surface area contributed by atoms with Gasteiger partial charge in [0, 0.05) is 13.0 Å². The van der Waals surface area contributed by atoms with E-state index in [0.717, 1.165) is 11.1 Å². The molecule has 1 aliphatic rings. The third kappa shape index (κ3) is 4.29. The van der Waals surface area contributed by atoms with Crippen LogP contribution in [0.3, 0.4) is 0 Å². The fourth-order valence-electron chi connectivity index (χ4n) is 2.33. The van der Waals surface area contributed by atoms with Gasteiger partial charge in [0.2, 0.25) is 5.91 Å². The predicted octanol–water partition coefficient (Wildman–Crippen LogP) is 1.23. The highest BCUT2D eigenvalue weighted by atomic mass is 16.5. The molecule has 2 rings (SSSR count). The van der Waals surface area contributed by atoms with Crippen LogP contribution in [0.2, 0.25) is 0 Å². The van der Waals surface area contributed by atoms with E-state index >= 15 is 0 Å². The molecule has 1 aromatic carbocycles. The van der Waals surface area contributed by atoms with Crippen LogP contribution in [0.25, 0.3) is 0 Å². The maximum Gasteiger partial charge on any atom is 0.328 e. The van der Waals surface area contributed by atoms with Gasteiger partial charge in [0.05, 0.1) is 19.6 Å². The number of carbonyl (C=O) groups is 2. The van der Waals surface area contributed by atoms with E-state index in [0.29, 0.717) is 26.1 Å². The Bertz CT molecular complexity index is 492. The SMILES string of the molecule is COC(=O)[C@H](Cc1ccc(C)cc1)NC(=O)[C@@H]1CCOC1. The molecule has 5 nitrogen and oxygen atoms in total. The van der Waals surface area contributed by atoms with Crippen LogP contribution in [0.1, 0.15) is 17.5 Å². The fourth-order valence-corrected chi connectivity index (χ4v) is 2.33. The largest absolute Gasteiger partial charge is 0.467 e. The summed E-state index contributed by atoms with van der Waals surface area (Å²) < 4.78 is 9.99. The number of amides is 1. The highest BCUT2D eigenvalue weighted by Gasteiger charge is 2.28. The van der Waals surface area contributed by atoms with Crippen molar-refractivity contribution < 1.29 is 19.1 Å². The monoisotopic (exact) mass is 291 g/mol. The van der Waals surface area contributed by atoms with Crippen LogP contribution in [0.5, 0.6) is 0 Å². The lowest BCUT2D eigenvalue weighted by molar-refractivity contribution is -0.145. The first-order chi connectivity index (χ1) is 10.1. The van der Waals surface area contributed by atoms with Crippen molar-refractivity contribution in [1.29, 1.82) is 0 Å².